The molecule has 0 spiro atoms. The second-order valence-corrected chi connectivity index (χ2v) is 5.72. The largest absolute Gasteiger partial charge is 0.317 e. The van der Waals surface area contributed by atoms with Gasteiger partial charge in [0.1, 0.15) is 0 Å². The first-order chi connectivity index (χ1) is 8.25. The summed E-state index contributed by atoms with van der Waals surface area (Å²) < 4.78 is 0. The molecule has 1 nitrogen and oxygen atoms in total. The summed E-state index contributed by atoms with van der Waals surface area (Å²) in [6.07, 6.45) is 5.16. The van der Waals surface area contributed by atoms with Gasteiger partial charge in [-0.1, -0.05) is 38.1 Å². The highest BCUT2D eigenvalue weighted by molar-refractivity contribution is 5.26. The molecule has 2 rings (SSSR count). The van der Waals surface area contributed by atoms with Crippen LogP contribution in [0, 0.1) is 5.92 Å². The molecule has 0 amide bonds. The van der Waals surface area contributed by atoms with Crippen LogP contribution in [0.3, 0.4) is 0 Å². The van der Waals surface area contributed by atoms with Crippen LogP contribution in [0.1, 0.15) is 50.2 Å². The van der Waals surface area contributed by atoms with Crippen LogP contribution in [0.5, 0.6) is 0 Å². The average Bonchev–Trinajstić information content (AvgIpc) is 2.58. The normalized spacial score (nSPS) is 21.5. The van der Waals surface area contributed by atoms with Gasteiger partial charge in [0.05, 0.1) is 0 Å². The first kappa shape index (κ1) is 12.6. The Kier molecular flexibility index (Phi) is 4.61. The molecule has 1 heterocycles. The zero-order valence-corrected chi connectivity index (χ0v) is 11.2. The zero-order valence-electron chi connectivity index (χ0n) is 11.2. The number of hydrogen-bond donors (Lipinski definition) is 1. The van der Waals surface area contributed by atoms with E-state index in [1.165, 1.54) is 44.3 Å². The number of hydrogen-bond acceptors (Lipinski definition) is 1. The molecule has 1 unspecified atom stereocenters. The summed E-state index contributed by atoms with van der Waals surface area (Å²) in [6.45, 7) is 6.94. The van der Waals surface area contributed by atoms with Crippen molar-refractivity contribution in [1.82, 2.24) is 5.32 Å². The summed E-state index contributed by atoms with van der Waals surface area (Å²) in [7, 11) is 0. The Bertz CT molecular complexity index is 318. The van der Waals surface area contributed by atoms with Crippen LogP contribution in [0.15, 0.2) is 24.3 Å². The van der Waals surface area contributed by atoms with Gasteiger partial charge < -0.3 is 5.32 Å². The van der Waals surface area contributed by atoms with Crippen molar-refractivity contribution in [3.63, 3.8) is 0 Å². The van der Waals surface area contributed by atoms with Crippen LogP contribution in [0.25, 0.3) is 0 Å². The van der Waals surface area contributed by atoms with E-state index in [4.69, 9.17) is 0 Å². The molecule has 1 fully saturated rings. The highest BCUT2D eigenvalue weighted by atomic mass is 14.8. The van der Waals surface area contributed by atoms with Crippen molar-refractivity contribution >= 4 is 0 Å². The van der Waals surface area contributed by atoms with Crippen molar-refractivity contribution in [2.45, 2.75) is 45.4 Å². The van der Waals surface area contributed by atoms with Crippen molar-refractivity contribution in [1.29, 1.82) is 0 Å². The summed E-state index contributed by atoms with van der Waals surface area (Å²) in [6, 6.07) is 9.36. The van der Waals surface area contributed by atoms with Gasteiger partial charge in [0.25, 0.3) is 0 Å². The fourth-order valence-electron chi connectivity index (χ4n) is 2.75. The summed E-state index contributed by atoms with van der Waals surface area (Å²) in [5.74, 6) is 1.53. The van der Waals surface area contributed by atoms with Crippen molar-refractivity contribution in [3.05, 3.63) is 35.4 Å². The maximum absolute atomic E-state index is 3.48. The zero-order chi connectivity index (χ0) is 12.1. The molecule has 1 N–H and O–H groups in total. The third kappa shape index (κ3) is 3.85. The third-order valence-corrected chi connectivity index (χ3v) is 3.67. The minimum absolute atomic E-state index is 0.753. The van der Waals surface area contributed by atoms with Gasteiger partial charge in [-0.2, -0.15) is 0 Å². The van der Waals surface area contributed by atoms with Crippen LogP contribution in [-0.4, -0.2) is 13.1 Å². The van der Waals surface area contributed by atoms with E-state index in [0.717, 1.165) is 11.8 Å². The van der Waals surface area contributed by atoms with Gasteiger partial charge in [-0.25, -0.2) is 0 Å². The molecule has 0 aromatic heterocycles. The fourth-order valence-corrected chi connectivity index (χ4v) is 2.75. The standard InChI is InChI=1S/C16H25N/c1-13(2)12-14-5-7-16(8-6-14)15-4-3-10-17-11-9-15/h5-8,13,15,17H,3-4,9-12H2,1-2H3. The van der Waals surface area contributed by atoms with Crippen molar-refractivity contribution in [2.24, 2.45) is 5.92 Å². The quantitative estimate of drug-likeness (QED) is 0.835. The lowest BCUT2D eigenvalue weighted by molar-refractivity contribution is 0.608. The topological polar surface area (TPSA) is 12.0 Å². The van der Waals surface area contributed by atoms with E-state index in [0.29, 0.717) is 0 Å². The smallest absolute Gasteiger partial charge is 0.00431 e. The predicted octanol–water partition coefficient (Wildman–Crippen LogP) is 3.74. The van der Waals surface area contributed by atoms with Crippen molar-refractivity contribution in [2.75, 3.05) is 13.1 Å². The predicted molar refractivity (Wildman–Crippen MR) is 74.4 cm³/mol. The fraction of sp³-hybridized carbons (Fsp3) is 0.625. The van der Waals surface area contributed by atoms with Gasteiger partial charge >= 0.3 is 0 Å². The highest BCUT2D eigenvalue weighted by Gasteiger charge is 2.13. The van der Waals surface area contributed by atoms with Gasteiger partial charge in [-0.15, -0.1) is 0 Å². The molecule has 94 valence electrons. The molecule has 0 bridgehead atoms. The third-order valence-electron chi connectivity index (χ3n) is 3.67. The molecule has 17 heavy (non-hydrogen) atoms. The van der Waals surface area contributed by atoms with Crippen LogP contribution >= 0.6 is 0 Å². The van der Waals surface area contributed by atoms with E-state index in [1.54, 1.807) is 5.56 Å². The van der Waals surface area contributed by atoms with E-state index in [1.807, 2.05) is 0 Å². The van der Waals surface area contributed by atoms with Crippen molar-refractivity contribution < 1.29 is 0 Å². The van der Waals surface area contributed by atoms with Gasteiger partial charge in [0.2, 0.25) is 0 Å². The van der Waals surface area contributed by atoms with Gasteiger partial charge in [0.15, 0.2) is 0 Å². The Morgan fingerprint density at radius 2 is 1.88 bits per heavy atom. The van der Waals surface area contributed by atoms with Crippen molar-refractivity contribution in [3.8, 4) is 0 Å². The molecule has 1 aromatic carbocycles. The Hall–Kier alpha value is -0.820. The van der Waals surface area contributed by atoms with Crippen LogP contribution in [-0.2, 0) is 6.42 Å². The van der Waals surface area contributed by atoms with Crippen LogP contribution < -0.4 is 5.32 Å². The average molecular weight is 231 g/mol. The number of benzene rings is 1. The van der Waals surface area contributed by atoms with E-state index in [-0.39, 0.29) is 0 Å². The molecule has 0 saturated carbocycles. The number of nitrogens with one attached hydrogen (secondary N) is 1. The monoisotopic (exact) mass is 231 g/mol. The summed E-state index contributed by atoms with van der Waals surface area (Å²) in [4.78, 5) is 0. The van der Waals surface area contributed by atoms with Gasteiger partial charge in [-0.3, -0.25) is 0 Å². The Morgan fingerprint density at radius 1 is 1.12 bits per heavy atom. The van der Waals surface area contributed by atoms with E-state index in [2.05, 4.69) is 43.4 Å². The molecular formula is C16H25N. The molecule has 1 heteroatoms. The Labute approximate surface area is 106 Å². The lowest BCUT2D eigenvalue weighted by atomic mass is 9.90. The maximum atomic E-state index is 3.48. The summed E-state index contributed by atoms with van der Waals surface area (Å²) in [5.41, 5.74) is 3.02. The molecule has 0 aliphatic carbocycles. The van der Waals surface area contributed by atoms with E-state index >= 15 is 0 Å². The van der Waals surface area contributed by atoms with Crippen LogP contribution in [0.2, 0.25) is 0 Å². The maximum Gasteiger partial charge on any atom is -0.00431 e. The molecule has 1 saturated heterocycles. The molecule has 0 radical (unpaired) electrons. The Balaban J connectivity index is 2.00. The molecular weight excluding hydrogens is 206 g/mol. The molecule has 1 aliphatic heterocycles. The highest BCUT2D eigenvalue weighted by Crippen LogP contribution is 2.26. The van der Waals surface area contributed by atoms with E-state index in [9.17, 15) is 0 Å². The lowest BCUT2D eigenvalue weighted by Crippen LogP contribution is -2.13. The SMILES string of the molecule is CC(C)Cc1ccc(C2CCCNCC2)cc1. The van der Waals surface area contributed by atoms with Gasteiger partial charge in [0, 0.05) is 0 Å². The second-order valence-electron chi connectivity index (χ2n) is 5.72. The molecule has 1 aromatic rings. The molecule has 1 atom stereocenters. The first-order valence-electron chi connectivity index (χ1n) is 7.05. The van der Waals surface area contributed by atoms with Crippen LogP contribution in [0.4, 0.5) is 0 Å². The second kappa shape index (κ2) is 6.20. The summed E-state index contributed by atoms with van der Waals surface area (Å²) in [5, 5.41) is 3.48. The molecule has 1 aliphatic rings. The minimum Gasteiger partial charge on any atom is -0.317 e. The van der Waals surface area contributed by atoms with Gasteiger partial charge in [-0.05, 0) is 61.7 Å². The minimum atomic E-state index is 0.753. The first-order valence-corrected chi connectivity index (χ1v) is 7.05. The summed E-state index contributed by atoms with van der Waals surface area (Å²) >= 11 is 0. The Morgan fingerprint density at radius 3 is 2.59 bits per heavy atom. The lowest BCUT2D eigenvalue weighted by Gasteiger charge is -2.15. The number of rotatable bonds is 3. The van der Waals surface area contributed by atoms with E-state index < -0.39 is 0 Å².